The summed E-state index contributed by atoms with van der Waals surface area (Å²) < 4.78 is 0. The van der Waals surface area contributed by atoms with Gasteiger partial charge < -0.3 is 15.7 Å². The average molecular weight is 256 g/mol. The van der Waals surface area contributed by atoms with Crippen molar-refractivity contribution in [2.24, 2.45) is 0 Å². The fourth-order valence-corrected chi connectivity index (χ4v) is 1.58. The molecule has 6 heteroatoms. The first-order valence-corrected chi connectivity index (χ1v) is 6.97. The Kier molecular flexibility index (Phi) is 6.07. The van der Waals surface area contributed by atoms with Crippen LogP contribution in [0.25, 0.3) is 0 Å². The molecule has 1 rings (SSSR count). The van der Waals surface area contributed by atoms with Gasteiger partial charge in [-0.2, -0.15) is 0 Å². The topological polar surface area (TPSA) is 70.1 Å². The van der Waals surface area contributed by atoms with Crippen LogP contribution in [0.2, 0.25) is 0 Å². The summed E-state index contributed by atoms with van der Waals surface area (Å²) >= 11 is 1.50. The zero-order valence-corrected chi connectivity index (χ0v) is 11.3. The van der Waals surface area contributed by atoms with E-state index in [-0.39, 0.29) is 0 Å². The van der Waals surface area contributed by atoms with Crippen LogP contribution in [0.1, 0.15) is 20.3 Å². The molecule has 1 aromatic heterocycles. The summed E-state index contributed by atoms with van der Waals surface area (Å²) in [6.07, 6.45) is 2.60. The SMILES string of the molecule is CCCNc1cc(NCC(C)O)nc(SC)n1. The molecule has 96 valence electrons. The maximum absolute atomic E-state index is 9.22. The smallest absolute Gasteiger partial charge is 0.191 e. The number of nitrogens with one attached hydrogen (secondary N) is 2. The van der Waals surface area contributed by atoms with E-state index in [9.17, 15) is 5.11 Å². The lowest BCUT2D eigenvalue weighted by molar-refractivity contribution is 0.208. The van der Waals surface area contributed by atoms with Crippen LogP contribution in [0.15, 0.2) is 11.2 Å². The highest BCUT2D eigenvalue weighted by atomic mass is 32.2. The Hall–Kier alpha value is -1.01. The van der Waals surface area contributed by atoms with Crippen LogP contribution < -0.4 is 10.6 Å². The van der Waals surface area contributed by atoms with Crippen LogP contribution in [-0.4, -0.2) is 40.5 Å². The van der Waals surface area contributed by atoms with Gasteiger partial charge in [-0.25, -0.2) is 9.97 Å². The summed E-state index contributed by atoms with van der Waals surface area (Å²) in [6.45, 7) is 5.22. The molecule has 0 saturated heterocycles. The van der Waals surface area contributed by atoms with Gasteiger partial charge in [-0.15, -0.1) is 0 Å². The molecule has 0 bridgehead atoms. The van der Waals surface area contributed by atoms with E-state index in [1.807, 2.05) is 12.3 Å². The molecule has 3 N–H and O–H groups in total. The molecule has 0 amide bonds. The maximum Gasteiger partial charge on any atom is 0.191 e. The van der Waals surface area contributed by atoms with Crippen molar-refractivity contribution in [2.45, 2.75) is 31.5 Å². The van der Waals surface area contributed by atoms with Gasteiger partial charge >= 0.3 is 0 Å². The number of aromatic nitrogens is 2. The van der Waals surface area contributed by atoms with E-state index in [1.54, 1.807) is 6.92 Å². The second-order valence-electron chi connectivity index (χ2n) is 3.78. The van der Waals surface area contributed by atoms with Gasteiger partial charge in [0.1, 0.15) is 11.6 Å². The first-order valence-electron chi connectivity index (χ1n) is 5.74. The van der Waals surface area contributed by atoms with Crippen molar-refractivity contribution >= 4 is 23.4 Å². The highest BCUT2D eigenvalue weighted by Gasteiger charge is 2.04. The molecular formula is C11H20N4OS. The van der Waals surface area contributed by atoms with E-state index in [4.69, 9.17) is 0 Å². The minimum Gasteiger partial charge on any atom is -0.392 e. The van der Waals surface area contributed by atoms with Crippen LogP contribution in [0, 0.1) is 0 Å². The Labute approximate surface area is 106 Å². The van der Waals surface area contributed by atoms with E-state index in [1.165, 1.54) is 11.8 Å². The molecule has 0 spiro atoms. The Morgan fingerprint density at radius 3 is 2.53 bits per heavy atom. The third-order valence-corrected chi connectivity index (χ3v) is 2.57. The molecule has 1 unspecified atom stereocenters. The number of hydrogen-bond donors (Lipinski definition) is 3. The van der Waals surface area contributed by atoms with Crippen molar-refractivity contribution < 1.29 is 5.11 Å². The number of anilines is 2. The molecule has 1 atom stereocenters. The van der Waals surface area contributed by atoms with E-state index < -0.39 is 6.10 Å². The van der Waals surface area contributed by atoms with Crippen molar-refractivity contribution in [3.8, 4) is 0 Å². The molecule has 1 heterocycles. The van der Waals surface area contributed by atoms with Crippen molar-refractivity contribution in [1.82, 2.24) is 9.97 Å². The van der Waals surface area contributed by atoms with Crippen LogP contribution in [0.5, 0.6) is 0 Å². The van der Waals surface area contributed by atoms with Crippen molar-refractivity contribution in [3.05, 3.63) is 6.07 Å². The van der Waals surface area contributed by atoms with E-state index in [0.29, 0.717) is 6.54 Å². The molecule has 0 aliphatic rings. The second kappa shape index (κ2) is 7.34. The lowest BCUT2D eigenvalue weighted by Gasteiger charge is -2.11. The summed E-state index contributed by atoms with van der Waals surface area (Å²) in [6, 6.07) is 1.86. The monoisotopic (exact) mass is 256 g/mol. The number of nitrogens with zero attached hydrogens (tertiary/aromatic N) is 2. The molecule has 17 heavy (non-hydrogen) atoms. The average Bonchev–Trinajstić information content (AvgIpc) is 2.33. The first-order chi connectivity index (χ1) is 8.15. The van der Waals surface area contributed by atoms with Gasteiger partial charge in [0.25, 0.3) is 0 Å². The molecule has 0 aliphatic carbocycles. The number of thioether (sulfide) groups is 1. The van der Waals surface area contributed by atoms with Crippen LogP contribution in [0.3, 0.4) is 0 Å². The van der Waals surface area contributed by atoms with Gasteiger partial charge in [0, 0.05) is 19.2 Å². The van der Waals surface area contributed by atoms with Crippen molar-refractivity contribution in [1.29, 1.82) is 0 Å². The third kappa shape index (κ3) is 5.23. The van der Waals surface area contributed by atoms with Crippen LogP contribution in [-0.2, 0) is 0 Å². The predicted octanol–water partition coefficient (Wildman–Crippen LogP) is 1.81. The zero-order chi connectivity index (χ0) is 12.7. The lowest BCUT2D eigenvalue weighted by atomic mass is 10.4. The second-order valence-corrected chi connectivity index (χ2v) is 4.56. The van der Waals surface area contributed by atoms with Crippen molar-refractivity contribution in [2.75, 3.05) is 30.0 Å². The van der Waals surface area contributed by atoms with Crippen molar-refractivity contribution in [3.63, 3.8) is 0 Å². The molecule has 1 aromatic rings. The van der Waals surface area contributed by atoms with Gasteiger partial charge in [-0.05, 0) is 19.6 Å². The summed E-state index contributed by atoms with van der Waals surface area (Å²) in [5.41, 5.74) is 0. The Morgan fingerprint density at radius 2 is 2.00 bits per heavy atom. The predicted molar refractivity (Wildman–Crippen MR) is 72.8 cm³/mol. The molecule has 0 aromatic carbocycles. The zero-order valence-electron chi connectivity index (χ0n) is 10.5. The third-order valence-electron chi connectivity index (χ3n) is 2.02. The highest BCUT2D eigenvalue weighted by Crippen LogP contribution is 2.17. The van der Waals surface area contributed by atoms with E-state index in [2.05, 4.69) is 27.5 Å². The maximum atomic E-state index is 9.22. The van der Waals surface area contributed by atoms with Crippen LogP contribution >= 0.6 is 11.8 Å². The number of aliphatic hydroxyl groups excluding tert-OH is 1. The van der Waals surface area contributed by atoms with Gasteiger partial charge in [-0.3, -0.25) is 0 Å². The Morgan fingerprint density at radius 1 is 1.35 bits per heavy atom. The molecule has 0 fully saturated rings. The summed E-state index contributed by atoms with van der Waals surface area (Å²) in [5.74, 6) is 1.56. The van der Waals surface area contributed by atoms with Gasteiger partial charge in [0.2, 0.25) is 0 Å². The standard InChI is InChI=1S/C11H20N4OS/c1-4-5-12-9-6-10(13-7-8(2)16)15-11(14-9)17-3/h6,8,16H,4-5,7H2,1-3H3,(H2,12,13,14,15). The summed E-state index contributed by atoms with van der Waals surface area (Å²) in [4.78, 5) is 8.68. The molecule has 0 aliphatic heterocycles. The fourth-order valence-electron chi connectivity index (χ4n) is 1.20. The Balaban J connectivity index is 2.73. The number of aliphatic hydroxyl groups is 1. The van der Waals surface area contributed by atoms with Gasteiger partial charge in [0.05, 0.1) is 6.10 Å². The molecular weight excluding hydrogens is 236 g/mol. The number of hydrogen-bond acceptors (Lipinski definition) is 6. The largest absolute Gasteiger partial charge is 0.392 e. The molecule has 5 nitrogen and oxygen atoms in total. The minimum atomic E-state index is -0.394. The van der Waals surface area contributed by atoms with E-state index in [0.717, 1.165) is 29.8 Å². The van der Waals surface area contributed by atoms with E-state index >= 15 is 0 Å². The normalized spacial score (nSPS) is 12.2. The molecule has 0 saturated carbocycles. The Bertz CT molecular complexity index is 346. The lowest BCUT2D eigenvalue weighted by Crippen LogP contribution is -2.16. The highest BCUT2D eigenvalue weighted by molar-refractivity contribution is 7.98. The van der Waals surface area contributed by atoms with Gasteiger partial charge in [-0.1, -0.05) is 18.7 Å². The minimum absolute atomic E-state index is 0.394. The summed E-state index contributed by atoms with van der Waals surface area (Å²) in [5, 5.41) is 16.3. The molecule has 0 radical (unpaired) electrons. The summed E-state index contributed by atoms with van der Waals surface area (Å²) in [7, 11) is 0. The number of rotatable bonds is 7. The quantitative estimate of drug-likeness (QED) is 0.510. The van der Waals surface area contributed by atoms with Gasteiger partial charge in [0.15, 0.2) is 5.16 Å². The fraction of sp³-hybridized carbons (Fsp3) is 0.636. The van der Waals surface area contributed by atoms with Crippen LogP contribution in [0.4, 0.5) is 11.6 Å². The first kappa shape index (κ1) is 14.1.